The molecule has 0 spiro atoms. The number of aryl methyl sites for hydroxylation is 1. The van der Waals surface area contributed by atoms with Gasteiger partial charge in [-0.05, 0) is 19.8 Å². The minimum Gasteiger partial charge on any atom is -0.346 e. The number of hydrogen-bond acceptors (Lipinski definition) is 1. The molecule has 0 fully saturated rings. The van der Waals surface area contributed by atoms with E-state index in [-0.39, 0.29) is 0 Å². The molecule has 0 saturated heterocycles. The highest BCUT2D eigenvalue weighted by molar-refractivity contribution is 5.14. The molecule has 2 heteroatoms. The van der Waals surface area contributed by atoms with Gasteiger partial charge in [0, 0.05) is 17.3 Å². The third kappa shape index (κ3) is 5.38. The van der Waals surface area contributed by atoms with E-state index in [2.05, 4.69) is 36.9 Å². The lowest BCUT2D eigenvalue weighted by molar-refractivity contribution is 0.358. The fraction of sp³-hybridized carbons (Fsp3) is 0.824. The van der Waals surface area contributed by atoms with Crippen LogP contribution < -0.4 is 0 Å². The van der Waals surface area contributed by atoms with Crippen LogP contribution in [-0.2, 0) is 5.41 Å². The number of unbranched alkanes of at least 4 members (excludes halogenated alkanes) is 5. The highest BCUT2D eigenvalue weighted by atomic mass is 14.9. The van der Waals surface area contributed by atoms with Crippen LogP contribution in [0.1, 0.15) is 90.1 Å². The van der Waals surface area contributed by atoms with Gasteiger partial charge in [0.05, 0.1) is 0 Å². The molecule has 1 aromatic rings. The predicted molar refractivity (Wildman–Crippen MR) is 83.6 cm³/mol. The van der Waals surface area contributed by atoms with Crippen molar-refractivity contribution in [3.05, 3.63) is 17.7 Å². The van der Waals surface area contributed by atoms with Gasteiger partial charge in [0.2, 0.25) is 0 Å². The molecule has 110 valence electrons. The van der Waals surface area contributed by atoms with Gasteiger partial charge in [0.25, 0.3) is 0 Å². The maximum atomic E-state index is 4.40. The number of hydrogen-bond donors (Lipinski definition) is 1. The van der Waals surface area contributed by atoms with Gasteiger partial charge in [0.1, 0.15) is 5.82 Å². The molecule has 0 amide bonds. The molecule has 2 nitrogen and oxygen atoms in total. The molecule has 0 saturated carbocycles. The summed E-state index contributed by atoms with van der Waals surface area (Å²) in [6, 6.07) is 0. The number of aromatic nitrogens is 2. The van der Waals surface area contributed by atoms with Crippen molar-refractivity contribution >= 4 is 0 Å². The number of imidazole rings is 1. The van der Waals surface area contributed by atoms with Crippen LogP contribution in [0, 0.1) is 6.92 Å². The van der Waals surface area contributed by atoms with Gasteiger partial charge >= 0.3 is 0 Å². The predicted octanol–water partition coefficient (Wildman–Crippen LogP) is 5.53. The van der Waals surface area contributed by atoms with Gasteiger partial charge < -0.3 is 4.98 Å². The first-order valence-corrected chi connectivity index (χ1v) is 8.14. The van der Waals surface area contributed by atoms with E-state index in [1.807, 2.05) is 6.92 Å². The third-order valence-electron chi connectivity index (χ3n) is 4.27. The summed E-state index contributed by atoms with van der Waals surface area (Å²) < 4.78 is 0. The molecular formula is C17H32N2. The van der Waals surface area contributed by atoms with Gasteiger partial charge in [-0.2, -0.15) is 0 Å². The molecule has 1 heterocycles. The first-order valence-electron chi connectivity index (χ1n) is 8.14. The fourth-order valence-corrected chi connectivity index (χ4v) is 2.83. The average Bonchev–Trinajstić information content (AvgIpc) is 2.82. The Labute approximate surface area is 119 Å². The molecule has 19 heavy (non-hydrogen) atoms. The van der Waals surface area contributed by atoms with Gasteiger partial charge in [-0.25, -0.2) is 4.98 Å². The standard InChI is InChI=1S/C17H32N2/c1-5-7-9-11-13-17(4,12-10-8-6-2)16-14-18-15(3)19-16/h14H,5-13H2,1-4H3,(H,18,19). The number of aromatic amines is 1. The molecule has 0 aliphatic carbocycles. The van der Waals surface area contributed by atoms with E-state index in [0.29, 0.717) is 5.41 Å². The van der Waals surface area contributed by atoms with Crippen molar-refractivity contribution in [2.24, 2.45) is 0 Å². The third-order valence-corrected chi connectivity index (χ3v) is 4.27. The fourth-order valence-electron chi connectivity index (χ4n) is 2.83. The Hall–Kier alpha value is -0.790. The lowest BCUT2D eigenvalue weighted by Gasteiger charge is -2.28. The summed E-state index contributed by atoms with van der Waals surface area (Å²) in [6.07, 6.45) is 14.0. The van der Waals surface area contributed by atoms with Gasteiger partial charge in [-0.3, -0.25) is 0 Å². The van der Waals surface area contributed by atoms with Crippen molar-refractivity contribution in [2.75, 3.05) is 0 Å². The van der Waals surface area contributed by atoms with Crippen LogP contribution in [0.2, 0.25) is 0 Å². The van der Waals surface area contributed by atoms with E-state index in [1.54, 1.807) is 0 Å². The quantitative estimate of drug-likeness (QED) is 0.553. The molecule has 0 radical (unpaired) electrons. The maximum absolute atomic E-state index is 4.40. The number of nitrogens with zero attached hydrogens (tertiary/aromatic N) is 1. The SMILES string of the molecule is CCCCCCC(C)(CCCCC)c1cnc(C)[nH]1. The lowest BCUT2D eigenvalue weighted by Crippen LogP contribution is -2.22. The molecule has 0 aliphatic rings. The Morgan fingerprint density at radius 2 is 1.58 bits per heavy atom. The van der Waals surface area contributed by atoms with Crippen LogP contribution in [0.3, 0.4) is 0 Å². The monoisotopic (exact) mass is 264 g/mol. The Morgan fingerprint density at radius 1 is 1.00 bits per heavy atom. The Balaban J connectivity index is 2.60. The van der Waals surface area contributed by atoms with Crippen molar-refractivity contribution in [1.29, 1.82) is 0 Å². The Kier molecular flexibility index (Phi) is 7.19. The van der Waals surface area contributed by atoms with Gasteiger partial charge in [-0.15, -0.1) is 0 Å². The lowest BCUT2D eigenvalue weighted by atomic mass is 9.77. The molecule has 1 aromatic heterocycles. The summed E-state index contributed by atoms with van der Waals surface area (Å²) in [7, 11) is 0. The number of rotatable bonds is 10. The van der Waals surface area contributed by atoms with Crippen LogP contribution in [0.15, 0.2) is 6.20 Å². The van der Waals surface area contributed by atoms with Crippen molar-refractivity contribution in [3.63, 3.8) is 0 Å². The summed E-state index contributed by atoms with van der Waals surface area (Å²) in [6.45, 7) is 9.02. The first kappa shape index (κ1) is 16.3. The number of nitrogens with one attached hydrogen (secondary N) is 1. The molecule has 1 rings (SSSR count). The van der Waals surface area contributed by atoms with E-state index in [9.17, 15) is 0 Å². The summed E-state index contributed by atoms with van der Waals surface area (Å²) in [5.41, 5.74) is 1.64. The normalized spacial score (nSPS) is 14.5. The second kappa shape index (κ2) is 8.39. The van der Waals surface area contributed by atoms with E-state index >= 15 is 0 Å². The zero-order valence-corrected chi connectivity index (χ0v) is 13.4. The minimum atomic E-state index is 0.296. The van der Waals surface area contributed by atoms with E-state index in [0.717, 1.165) is 5.82 Å². The van der Waals surface area contributed by atoms with Gasteiger partial charge in [0.15, 0.2) is 0 Å². The van der Waals surface area contributed by atoms with Crippen molar-refractivity contribution < 1.29 is 0 Å². The molecule has 1 atom stereocenters. The van der Waals surface area contributed by atoms with E-state index < -0.39 is 0 Å². The number of H-pyrrole nitrogens is 1. The Morgan fingerprint density at radius 3 is 2.11 bits per heavy atom. The molecule has 0 aromatic carbocycles. The smallest absolute Gasteiger partial charge is 0.103 e. The summed E-state index contributed by atoms with van der Waals surface area (Å²) in [4.78, 5) is 7.87. The molecular weight excluding hydrogens is 232 g/mol. The average molecular weight is 264 g/mol. The topological polar surface area (TPSA) is 28.7 Å². The first-order chi connectivity index (χ1) is 9.12. The van der Waals surface area contributed by atoms with E-state index in [1.165, 1.54) is 63.5 Å². The zero-order chi connectivity index (χ0) is 14.1. The molecule has 0 bridgehead atoms. The zero-order valence-electron chi connectivity index (χ0n) is 13.4. The molecule has 0 aliphatic heterocycles. The van der Waals surface area contributed by atoms with Crippen LogP contribution in [0.5, 0.6) is 0 Å². The highest BCUT2D eigenvalue weighted by Gasteiger charge is 2.27. The second-order valence-electron chi connectivity index (χ2n) is 6.21. The van der Waals surface area contributed by atoms with Crippen LogP contribution in [0.4, 0.5) is 0 Å². The molecule has 1 unspecified atom stereocenters. The van der Waals surface area contributed by atoms with Crippen molar-refractivity contribution in [3.8, 4) is 0 Å². The van der Waals surface area contributed by atoms with Crippen molar-refractivity contribution in [2.45, 2.75) is 90.9 Å². The van der Waals surface area contributed by atoms with E-state index in [4.69, 9.17) is 0 Å². The molecule has 1 N–H and O–H groups in total. The van der Waals surface area contributed by atoms with Crippen LogP contribution >= 0.6 is 0 Å². The van der Waals surface area contributed by atoms with Crippen molar-refractivity contribution in [1.82, 2.24) is 9.97 Å². The van der Waals surface area contributed by atoms with Crippen LogP contribution in [0.25, 0.3) is 0 Å². The largest absolute Gasteiger partial charge is 0.346 e. The van der Waals surface area contributed by atoms with Gasteiger partial charge in [-0.1, -0.05) is 65.7 Å². The highest BCUT2D eigenvalue weighted by Crippen LogP contribution is 2.34. The van der Waals surface area contributed by atoms with Crippen LogP contribution in [-0.4, -0.2) is 9.97 Å². The second-order valence-corrected chi connectivity index (χ2v) is 6.21. The minimum absolute atomic E-state index is 0.296. The maximum Gasteiger partial charge on any atom is 0.103 e. The summed E-state index contributed by atoms with van der Waals surface area (Å²) in [5, 5.41) is 0. The summed E-state index contributed by atoms with van der Waals surface area (Å²) >= 11 is 0. The Bertz CT molecular complexity index is 343. The summed E-state index contributed by atoms with van der Waals surface area (Å²) in [5.74, 6) is 1.05.